The number of anilines is 1. The van der Waals surface area contributed by atoms with E-state index in [9.17, 15) is 13.2 Å². The summed E-state index contributed by atoms with van der Waals surface area (Å²) in [6, 6.07) is 2.95. The highest BCUT2D eigenvalue weighted by molar-refractivity contribution is 7.90. The van der Waals surface area contributed by atoms with Crippen molar-refractivity contribution in [3.63, 3.8) is 0 Å². The zero-order valence-electron chi connectivity index (χ0n) is 11.8. The van der Waals surface area contributed by atoms with Gasteiger partial charge in [-0.2, -0.15) is 0 Å². The number of rotatable bonds is 7. The SMILES string of the molecule is CN(C)CCN(CC(=O)O)c1ncccc1S(C)(=O)=O. The predicted molar refractivity (Wildman–Crippen MR) is 75.7 cm³/mol. The van der Waals surface area contributed by atoms with Gasteiger partial charge >= 0.3 is 5.97 Å². The second-order valence-corrected chi connectivity index (χ2v) is 6.70. The average molecular weight is 301 g/mol. The molecule has 0 aromatic carbocycles. The summed E-state index contributed by atoms with van der Waals surface area (Å²) < 4.78 is 23.5. The van der Waals surface area contributed by atoms with Gasteiger partial charge in [-0.05, 0) is 26.2 Å². The molecule has 20 heavy (non-hydrogen) atoms. The lowest BCUT2D eigenvalue weighted by Crippen LogP contribution is -2.37. The smallest absolute Gasteiger partial charge is 0.323 e. The molecule has 0 spiro atoms. The minimum atomic E-state index is -3.46. The summed E-state index contributed by atoms with van der Waals surface area (Å²) in [5, 5.41) is 8.97. The number of aromatic nitrogens is 1. The first-order valence-electron chi connectivity index (χ1n) is 5.98. The molecule has 1 aromatic rings. The molecule has 1 N–H and O–H groups in total. The molecular weight excluding hydrogens is 282 g/mol. The van der Waals surface area contributed by atoms with Crippen LogP contribution in [0.1, 0.15) is 0 Å². The van der Waals surface area contributed by atoms with E-state index in [1.165, 1.54) is 23.2 Å². The predicted octanol–water partition coefficient (Wildman–Crippen LogP) is -0.0623. The summed E-state index contributed by atoms with van der Waals surface area (Å²) in [6.45, 7) is 0.666. The summed E-state index contributed by atoms with van der Waals surface area (Å²) >= 11 is 0. The van der Waals surface area contributed by atoms with Gasteiger partial charge in [0.2, 0.25) is 0 Å². The van der Waals surface area contributed by atoms with Crippen LogP contribution in [-0.2, 0) is 14.6 Å². The molecule has 0 saturated carbocycles. The lowest BCUT2D eigenvalue weighted by atomic mass is 10.4. The minimum absolute atomic E-state index is 0.0417. The van der Waals surface area contributed by atoms with Gasteiger partial charge in [0, 0.05) is 25.5 Å². The molecule has 0 saturated heterocycles. The summed E-state index contributed by atoms with van der Waals surface area (Å²) in [5.74, 6) is -0.854. The molecule has 0 aliphatic rings. The average Bonchev–Trinajstić information content (AvgIpc) is 2.33. The Morgan fingerprint density at radius 3 is 2.50 bits per heavy atom. The third-order valence-corrected chi connectivity index (χ3v) is 3.71. The zero-order valence-corrected chi connectivity index (χ0v) is 12.6. The quantitative estimate of drug-likeness (QED) is 0.754. The largest absolute Gasteiger partial charge is 0.480 e. The van der Waals surface area contributed by atoms with Gasteiger partial charge in [-0.3, -0.25) is 4.79 Å². The number of pyridine rings is 1. The van der Waals surface area contributed by atoms with Crippen LogP contribution in [0.5, 0.6) is 0 Å². The van der Waals surface area contributed by atoms with Crippen molar-refractivity contribution >= 4 is 21.6 Å². The molecule has 0 fully saturated rings. The lowest BCUT2D eigenvalue weighted by molar-refractivity contribution is -0.135. The van der Waals surface area contributed by atoms with E-state index in [2.05, 4.69) is 4.98 Å². The van der Waals surface area contributed by atoms with Gasteiger partial charge in [-0.15, -0.1) is 0 Å². The van der Waals surface area contributed by atoms with Gasteiger partial charge in [0.25, 0.3) is 0 Å². The highest BCUT2D eigenvalue weighted by atomic mass is 32.2. The van der Waals surface area contributed by atoms with Crippen molar-refractivity contribution in [2.24, 2.45) is 0 Å². The van der Waals surface area contributed by atoms with Crippen molar-refractivity contribution < 1.29 is 18.3 Å². The van der Waals surface area contributed by atoms with Crippen LogP contribution in [0, 0.1) is 0 Å². The number of hydrogen-bond acceptors (Lipinski definition) is 6. The van der Waals surface area contributed by atoms with Gasteiger partial charge in [0.05, 0.1) is 0 Å². The molecule has 0 atom stereocenters. The Balaban J connectivity index is 3.16. The molecular formula is C12H19N3O4S. The molecule has 1 heterocycles. The second-order valence-electron chi connectivity index (χ2n) is 4.72. The fourth-order valence-electron chi connectivity index (χ4n) is 1.65. The van der Waals surface area contributed by atoms with Crippen LogP contribution in [0.3, 0.4) is 0 Å². The fraction of sp³-hybridized carbons (Fsp3) is 0.500. The monoisotopic (exact) mass is 301 g/mol. The molecule has 0 bridgehead atoms. The Hall–Kier alpha value is -1.67. The maximum Gasteiger partial charge on any atom is 0.323 e. The number of likely N-dealkylation sites (N-methyl/N-ethyl adjacent to an activating group) is 1. The molecule has 7 nitrogen and oxygen atoms in total. The number of sulfone groups is 1. The number of carboxylic acids is 1. The van der Waals surface area contributed by atoms with Crippen LogP contribution in [0.25, 0.3) is 0 Å². The first-order valence-corrected chi connectivity index (χ1v) is 7.87. The van der Waals surface area contributed by atoms with Crippen LogP contribution in [0.4, 0.5) is 5.82 Å². The molecule has 1 aromatic heterocycles. The Labute approximate surface area is 118 Å². The van der Waals surface area contributed by atoms with Crippen molar-refractivity contribution in [1.29, 1.82) is 0 Å². The van der Waals surface area contributed by atoms with E-state index >= 15 is 0 Å². The number of nitrogens with zero attached hydrogens (tertiary/aromatic N) is 3. The Morgan fingerprint density at radius 2 is 2.00 bits per heavy atom. The fourth-order valence-corrected chi connectivity index (χ4v) is 2.49. The van der Waals surface area contributed by atoms with E-state index in [4.69, 9.17) is 5.11 Å². The van der Waals surface area contributed by atoms with Crippen molar-refractivity contribution in [3.8, 4) is 0 Å². The Bertz CT molecular complexity index is 572. The maximum atomic E-state index is 11.8. The van der Waals surface area contributed by atoms with E-state index in [0.717, 1.165) is 6.26 Å². The number of carboxylic acid groups (broad SMARTS) is 1. The highest BCUT2D eigenvalue weighted by Crippen LogP contribution is 2.21. The highest BCUT2D eigenvalue weighted by Gasteiger charge is 2.21. The Kier molecular flexibility index (Phi) is 5.46. The van der Waals surface area contributed by atoms with Crippen LogP contribution in [0.15, 0.2) is 23.2 Å². The van der Waals surface area contributed by atoms with Gasteiger partial charge in [-0.25, -0.2) is 13.4 Å². The maximum absolute atomic E-state index is 11.8. The minimum Gasteiger partial charge on any atom is -0.480 e. The third-order valence-electron chi connectivity index (χ3n) is 2.59. The first-order chi connectivity index (χ1) is 9.21. The lowest BCUT2D eigenvalue weighted by Gasteiger charge is -2.25. The molecule has 0 unspecified atom stereocenters. The molecule has 0 aliphatic heterocycles. The molecule has 1 rings (SSSR count). The topological polar surface area (TPSA) is 90.8 Å². The van der Waals surface area contributed by atoms with Crippen molar-refractivity contribution in [2.45, 2.75) is 4.90 Å². The molecule has 0 amide bonds. The Morgan fingerprint density at radius 1 is 1.35 bits per heavy atom. The van der Waals surface area contributed by atoms with Crippen molar-refractivity contribution in [3.05, 3.63) is 18.3 Å². The summed E-state index contributed by atoms with van der Waals surface area (Å²) in [4.78, 5) is 18.4. The molecule has 112 valence electrons. The van der Waals surface area contributed by atoms with Crippen LogP contribution >= 0.6 is 0 Å². The summed E-state index contributed by atoms with van der Waals surface area (Å²) in [6.07, 6.45) is 2.53. The zero-order chi connectivity index (χ0) is 15.3. The van der Waals surface area contributed by atoms with Gasteiger partial charge in [0.1, 0.15) is 17.3 Å². The van der Waals surface area contributed by atoms with Gasteiger partial charge < -0.3 is 14.9 Å². The van der Waals surface area contributed by atoms with E-state index < -0.39 is 15.8 Å². The molecule has 0 radical (unpaired) electrons. The molecule has 8 heteroatoms. The van der Waals surface area contributed by atoms with Gasteiger partial charge in [-0.1, -0.05) is 0 Å². The second kappa shape index (κ2) is 6.67. The number of hydrogen-bond donors (Lipinski definition) is 1. The van der Waals surface area contributed by atoms with E-state index in [-0.39, 0.29) is 17.3 Å². The van der Waals surface area contributed by atoms with Crippen LogP contribution in [0.2, 0.25) is 0 Å². The van der Waals surface area contributed by atoms with Crippen molar-refractivity contribution in [1.82, 2.24) is 9.88 Å². The normalized spacial score (nSPS) is 11.6. The van der Waals surface area contributed by atoms with E-state index in [1.807, 2.05) is 19.0 Å². The summed E-state index contributed by atoms with van der Waals surface area (Å²) in [7, 11) is 0.248. The van der Waals surface area contributed by atoms with Crippen LogP contribution < -0.4 is 4.90 Å². The third kappa shape index (κ3) is 4.78. The van der Waals surface area contributed by atoms with Crippen LogP contribution in [-0.4, -0.2) is 69.4 Å². The summed E-state index contributed by atoms with van der Waals surface area (Å²) in [5.41, 5.74) is 0. The van der Waals surface area contributed by atoms with Crippen molar-refractivity contribution in [2.75, 3.05) is 44.9 Å². The first kappa shape index (κ1) is 16.4. The molecule has 0 aliphatic carbocycles. The van der Waals surface area contributed by atoms with E-state index in [1.54, 1.807) is 0 Å². The standard InChI is InChI=1S/C12H19N3O4S/c1-14(2)7-8-15(9-11(16)17)12-10(20(3,18)19)5-4-6-13-12/h4-6H,7-9H2,1-3H3,(H,16,17). The van der Waals surface area contributed by atoms with Gasteiger partial charge in [0.15, 0.2) is 9.84 Å². The number of aliphatic carboxylic acids is 1. The number of carbonyl (C=O) groups is 1. The van der Waals surface area contributed by atoms with E-state index in [0.29, 0.717) is 13.1 Å².